The van der Waals surface area contributed by atoms with Gasteiger partial charge in [-0.05, 0) is 49.2 Å². The van der Waals surface area contributed by atoms with E-state index in [1.165, 1.54) is 24.3 Å². The Morgan fingerprint density at radius 3 is 2.71 bits per heavy atom. The molecular weight excluding hydrogens is 381 g/mol. The van der Waals surface area contributed by atoms with E-state index in [0.717, 1.165) is 22.9 Å². The number of hydrogen-bond acceptors (Lipinski definition) is 6. The summed E-state index contributed by atoms with van der Waals surface area (Å²) in [6, 6.07) is 13.6. The lowest BCUT2D eigenvalue weighted by molar-refractivity contribution is -0.118. The Labute approximate surface area is 166 Å². The second-order valence-corrected chi connectivity index (χ2v) is 7.04. The number of carbonyl (C=O) groups excluding carboxylic acids is 1. The first-order valence-electron chi connectivity index (χ1n) is 8.71. The third kappa shape index (κ3) is 5.56. The summed E-state index contributed by atoms with van der Waals surface area (Å²) >= 11 is 1.16. The zero-order valence-electron chi connectivity index (χ0n) is 15.5. The lowest BCUT2D eigenvalue weighted by Crippen LogP contribution is -2.24. The van der Waals surface area contributed by atoms with Crippen molar-refractivity contribution in [3.05, 3.63) is 71.4 Å². The van der Waals surface area contributed by atoms with Gasteiger partial charge in [-0.1, -0.05) is 36.0 Å². The molecular formula is C20H20FN3O3S. The minimum atomic E-state index is -0.498. The van der Waals surface area contributed by atoms with Crippen LogP contribution in [-0.4, -0.2) is 21.9 Å². The molecule has 1 heterocycles. The summed E-state index contributed by atoms with van der Waals surface area (Å²) in [4.78, 5) is 12.0. The highest BCUT2D eigenvalue weighted by molar-refractivity contribution is 7.99. The van der Waals surface area contributed by atoms with Crippen LogP contribution in [0.15, 0.2) is 58.2 Å². The van der Waals surface area contributed by atoms with Crippen molar-refractivity contribution in [1.82, 2.24) is 15.5 Å². The molecule has 0 saturated heterocycles. The van der Waals surface area contributed by atoms with Gasteiger partial charge in [0.1, 0.15) is 11.6 Å². The molecule has 1 N–H and O–H groups in total. The number of halogens is 1. The van der Waals surface area contributed by atoms with Gasteiger partial charge >= 0.3 is 0 Å². The number of nitrogens with one attached hydrogen (secondary N) is 1. The fourth-order valence-corrected chi connectivity index (χ4v) is 2.99. The van der Waals surface area contributed by atoms with Crippen LogP contribution in [0.1, 0.15) is 30.0 Å². The highest BCUT2D eigenvalue weighted by Gasteiger charge is 2.17. The first-order valence-corrected chi connectivity index (χ1v) is 9.69. The fourth-order valence-electron chi connectivity index (χ4n) is 2.39. The normalized spacial score (nSPS) is 11.8. The van der Waals surface area contributed by atoms with Crippen molar-refractivity contribution < 1.29 is 18.3 Å². The van der Waals surface area contributed by atoms with E-state index in [-0.39, 0.29) is 28.6 Å². The minimum Gasteiger partial charge on any atom is -0.481 e. The first kappa shape index (κ1) is 19.9. The molecule has 3 rings (SSSR count). The average Bonchev–Trinajstić information content (AvgIpc) is 3.17. The monoisotopic (exact) mass is 401 g/mol. The van der Waals surface area contributed by atoms with Crippen molar-refractivity contribution in [2.45, 2.75) is 31.7 Å². The number of aromatic nitrogens is 2. The van der Waals surface area contributed by atoms with Gasteiger partial charge in [0.15, 0.2) is 6.10 Å². The van der Waals surface area contributed by atoms with Crippen LogP contribution in [0.25, 0.3) is 0 Å². The van der Waals surface area contributed by atoms with Crippen LogP contribution in [-0.2, 0) is 11.3 Å². The van der Waals surface area contributed by atoms with E-state index < -0.39 is 6.10 Å². The van der Waals surface area contributed by atoms with E-state index in [2.05, 4.69) is 15.5 Å². The molecule has 0 aliphatic rings. The van der Waals surface area contributed by atoms with Crippen LogP contribution in [0.5, 0.6) is 5.75 Å². The zero-order chi connectivity index (χ0) is 19.9. The molecule has 0 aliphatic carbocycles. The topological polar surface area (TPSA) is 77.2 Å². The molecule has 0 unspecified atom stereocenters. The third-order valence-electron chi connectivity index (χ3n) is 3.96. The molecule has 1 amide bonds. The maximum Gasteiger partial charge on any atom is 0.277 e. The van der Waals surface area contributed by atoms with Crippen LogP contribution < -0.4 is 10.1 Å². The number of aryl methyl sites for hydroxylation is 1. The second-order valence-electron chi connectivity index (χ2n) is 6.11. The number of hydrogen-bond donors (Lipinski definition) is 1. The minimum absolute atomic E-state index is 0.122. The molecule has 1 atom stereocenters. The molecule has 3 aromatic rings. The molecule has 8 heteroatoms. The van der Waals surface area contributed by atoms with Gasteiger partial charge < -0.3 is 14.5 Å². The highest BCUT2D eigenvalue weighted by Crippen LogP contribution is 2.24. The van der Waals surface area contributed by atoms with Crippen LogP contribution in [0.4, 0.5) is 4.39 Å². The predicted molar refractivity (Wildman–Crippen MR) is 103 cm³/mol. The molecule has 6 nitrogen and oxygen atoms in total. The quantitative estimate of drug-likeness (QED) is 0.574. The molecule has 0 bridgehead atoms. The molecule has 2 aromatic carbocycles. The summed E-state index contributed by atoms with van der Waals surface area (Å²) in [6.07, 6.45) is -0.498. The van der Waals surface area contributed by atoms with E-state index in [9.17, 15) is 9.18 Å². The molecule has 0 spiro atoms. The van der Waals surface area contributed by atoms with Crippen molar-refractivity contribution in [1.29, 1.82) is 0 Å². The largest absolute Gasteiger partial charge is 0.481 e. The Morgan fingerprint density at radius 1 is 1.21 bits per heavy atom. The van der Waals surface area contributed by atoms with E-state index in [4.69, 9.17) is 9.15 Å². The van der Waals surface area contributed by atoms with Gasteiger partial charge in [-0.2, -0.15) is 0 Å². The molecule has 146 valence electrons. The fraction of sp³-hybridized carbons (Fsp3) is 0.250. The number of rotatable bonds is 8. The van der Waals surface area contributed by atoms with Crippen molar-refractivity contribution in [2.75, 3.05) is 5.75 Å². The number of ether oxygens (including phenoxy) is 1. The maximum atomic E-state index is 12.9. The van der Waals surface area contributed by atoms with E-state index >= 15 is 0 Å². The maximum absolute atomic E-state index is 12.9. The molecule has 0 radical (unpaired) electrons. The highest BCUT2D eigenvalue weighted by atomic mass is 32.2. The van der Waals surface area contributed by atoms with Crippen LogP contribution in [0.3, 0.4) is 0 Å². The number of carbonyl (C=O) groups is 1. The van der Waals surface area contributed by atoms with Crippen LogP contribution >= 0.6 is 11.8 Å². The zero-order valence-corrected chi connectivity index (χ0v) is 16.3. The van der Waals surface area contributed by atoms with Crippen LogP contribution in [0.2, 0.25) is 0 Å². The Bertz CT molecular complexity index is 930. The Kier molecular flexibility index (Phi) is 6.65. The lowest BCUT2D eigenvalue weighted by Gasteiger charge is -2.10. The number of benzene rings is 2. The van der Waals surface area contributed by atoms with E-state index in [1.54, 1.807) is 6.92 Å². The van der Waals surface area contributed by atoms with Gasteiger partial charge in [-0.25, -0.2) is 4.39 Å². The van der Waals surface area contributed by atoms with Crippen molar-refractivity contribution in [2.24, 2.45) is 0 Å². The van der Waals surface area contributed by atoms with Gasteiger partial charge in [-0.3, -0.25) is 4.79 Å². The second kappa shape index (κ2) is 9.36. The molecule has 0 aliphatic heterocycles. The van der Waals surface area contributed by atoms with Gasteiger partial charge in [0.2, 0.25) is 5.91 Å². The standard InChI is InChI=1S/C20H20FN3O3S/c1-13-5-3-4-6-15(13)11-22-18(25)12-28-20-24-23-19(27-20)14(2)26-17-9-7-16(21)8-10-17/h3-10,14H,11-12H2,1-2H3,(H,22,25)/t14-/m0/s1. The Hall–Kier alpha value is -2.87. The number of amides is 1. The summed E-state index contributed by atoms with van der Waals surface area (Å²) in [5.41, 5.74) is 2.21. The number of nitrogens with zero attached hydrogens (tertiary/aromatic N) is 2. The van der Waals surface area contributed by atoms with E-state index in [1.807, 2.05) is 31.2 Å². The SMILES string of the molecule is Cc1ccccc1CNC(=O)CSc1nnc([C@H](C)Oc2ccc(F)cc2)o1. The summed E-state index contributed by atoms with van der Waals surface area (Å²) in [5, 5.41) is 11.0. The van der Waals surface area contributed by atoms with Gasteiger partial charge in [-0.15, -0.1) is 10.2 Å². The first-order chi connectivity index (χ1) is 13.5. The predicted octanol–water partition coefficient (Wildman–Crippen LogP) is 4.07. The molecule has 0 saturated carbocycles. The average molecular weight is 401 g/mol. The molecule has 28 heavy (non-hydrogen) atoms. The summed E-state index contributed by atoms with van der Waals surface area (Å²) in [7, 11) is 0. The summed E-state index contributed by atoms with van der Waals surface area (Å²) in [5.74, 6) is 0.491. The number of thioether (sulfide) groups is 1. The Balaban J connectivity index is 1.46. The molecule has 0 fully saturated rings. The van der Waals surface area contributed by atoms with Crippen molar-refractivity contribution in [3.63, 3.8) is 0 Å². The third-order valence-corrected chi connectivity index (χ3v) is 4.78. The molecule has 1 aromatic heterocycles. The van der Waals surface area contributed by atoms with Gasteiger partial charge in [0, 0.05) is 6.54 Å². The summed E-state index contributed by atoms with van der Waals surface area (Å²) in [6.45, 7) is 4.23. The Morgan fingerprint density at radius 2 is 1.96 bits per heavy atom. The lowest BCUT2D eigenvalue weighted by atomic mass is 10.1. The van der Waals surface area contributed by atoms with Crippen LogP contribution in [0, 0.1) is 12.7 Å². The van der Waals surface area contributed by atoms with E-state index in [0.29, 0.717) is 12.3 Å². The smallest absolute Gasteiger partial charge is 0.277 e. The summed E-state index contributed by atoms with van der Waals surface area (Å²) < 4.78 is 24.1. The van der Waals surface area contributed by atoms with Crippen molar-refractivity contribution >= 4 is 17.7 Å². The van der Waals surface area contributed by atoms with Gasteiger partial charge in [0.25, 0.3) is 11.1 Å². The van der Waals surface area contributed by atoms with Crippen molar-refractivity contribution in [3.8, 4) is 5.75 Å². The van der Waals surface area contributed by atoms with Gasteiger partial charge in [0.05, 0.1) is 5.75 Å².